The lowest BCUT2D eigenvalue weighted by atomic mass is 10.1. The lowest BCUT2D eigenvalue weighted by molar-refractivity contribution is -0.140. The van der Waals surface area contributed by atoms with Crippen LogP contribution in [0.25, 0.3) is 6.08 Å². The van der Waals surface area contributed by atoms with Crippen LogP contribution in [-0.2, 0) is 9.59 Å². The molecule has 8 heteroatoms. The van der Waals surface area contributed by atoms with Crippen molar-refractivity contribution in [3.05, 3.63) is 52.4 Å². The van der Waals surface area contributed by atoms with E-state index >= 15 is 0 Å². The van der Waals surface area contributed by atoms with E-state index in [0.29, 0.717) is 4.91 Å². The number of amides is 1. The van der Waals surface area contributed by atoms with Gasteiger partial charge in [-0.2, -0.15) is 0 Å². The van der Waals surface area contributed by atoms with Gasteiger partial charge >= 0.3 is 5.97 Å². The molecular weight excluding hydrogens is 362 g/mol. The zero-order valence-electron chi connectivity index (χ0n) is 14.2. The molecule has 0 spiro atoms. The molecular formula is C17H21NO5S2. The summed E-state index contributed by atoms with van der Waals surface area (Å²) < 4.78 is 0.279. The molecule has 1 aromatic rings. The molecule has 2 rings (SSSR count). The number of nitrogens with zero attached hydrogens (tertiary/aromatic N) is 1. The first kappa shape index (κ1) is 23.0. The minimum absolute atomic E-state index is 0.279. The minimum atomic E-state index is -1.08. The highest BCUT2D eigenvalue weighted by atomic mass is 32.2. The summed E-state index contributed by atoms with van der Waals surface area (Å²) in [5.74, 6) is -1.43. The summed E-state index contributed by atoms with van der Waals surface area (Å²) >= 11 is 6.17. The SMILES string of the molecule is CC(/C=C1\SC(=S)N(CC(=O)O)C1=O)=C\c1ccccc1.CO.CO. The van der Waals surface area contributed by atoms with Crippen molar-refractivity contribution in [2.45, 2.75) is 6.92 Å². The van der Waals surface area contributed by atoms with Crippen molar-refractivity contribution in [3.8, 4) is 0 Å². The molecule has 0 unspecified atom stereocenters. The van der Waals surface area contributed by atoms with Crippen molar-refractivity contribution in [2.75, 3.05) is 20.8 Å². The van der Waals surface area contributed by atoms with Crippen molar-refractivity contribution in [3.63, 3.8) is 0 Å². The lowest BCUT2D eigenvalue weighted by Gasteiger charge is -2.10. The summed E-state index contributed by atoms with van der Waals surface area (Å²) in [7, 11) is 2.00. The second kappa shape index (κ2) is 12.4. The second-order valence-electron chi connectivity index (χ2n) is 4.46. The van der Waals surface area contributed by atoms with Crippen LogP contribution in [0.15, 0.2) is 46.9 Å². The van der Waals surface area contributed by atoms with Gasteiger partial charge in [-0.1, -0.05) is 60.4 Å². The highest BCUT2D eigenvalue weighted by molar-refractivity contribution is 8.26. The van der Waals surface area contributed by atoms with E-state index in [1.807, 2.05) is 43.3 Å². The van der Waals surface area contributed by atoms with E-state index in [4.69, 9.17) is 27.5 Å². The summed E-state index contributed by atoms with van der Waals surface area (Å²) in [5, 5.41) is 22.8. The normalized spacial score (nSPS) is 15.3. The number of hydrogen-bond acceptors (Lipinski definition) is 6. The molecule has 6 nitrogen and oxygen atoms in total. The number of carbonyl (C=O) groups excluding carboxylic acids is 1. The van der Waals surface area contributed by atoms with Crippen molar-refractivity contribution in [1.82, 2.24) is 4.90 Å². The number of aliphatic carboxylic acids is 1. The van der Waals surface area contributed by atoms with Crippen LogP contribution in [0.2, 0.25) is 0 Å². The maximum Gasteiger partial charge on any atom is 0.323 e. The summed E-state index contributed by atoms with van der Waals surface area (Å²) in [6, 6.07) is 9.74. The van der Waals surface area contributed by atoms with Crippen molar-refractivity contribution >= 4 is 46.3 Å². The van der Waals surface area contributed by atoms with Gasteiger partial charge in [0.15, 0.2) is 0 Å². The third-order valence-electron chi connectivity index (χ3n) is 2.72. The molecule has 0 radical (unpaired) electrons. The highest BCUT2D eigenvalue weighted by Gasteiger charge is 2.33. The third kappa shape index (κ3) is 7.61. The first-order valence-electron chi connectivity index (χ1n) is 7.07. The first-order valence-corrected chi connectivity index (χ1v) is 8.30. The molecule has 1 aliphatic rings. The number of hydrogen-bond donors (Lipinski definition) is 3. The zero-order valence-corrected chi connectivity index (χ0v) is 15.8. The molecule has 1 amide bonds. The molecule has 0 atom stereocenters. The number of aliphatic hydroxyl groups is 2. The fraction of sp³-hybridized carbons (Fsp3) is 0.235. The summed E-state index contributed by atoms with van der Waals surface area (Å²) in [5.41, 5.74) is 1.93. The smallest absolute Gasteiger partial charge is 0.323 e. The molecule has 1 saturated heterocycles. The Labute approximate surface area is 156 Å². The Morgan fingerprint density at radius 2 is 1.76 bits per heavy atom. The quantitative estimate of drug-likeness (QED) is 0.541. The lowest BCUT2D eigenvalue weighted by Crippen LogP contribution is -2.33. The number of thioether (sulfide) groups is 1. The molecule has 1 aromatic carbocycles. The van der Waals surface area contributed by atoms with Gasteiger partial charge in [0, 0.05) is 14.2 Å². The number of carboxylic acids is 1. The predicted octanol–water partition coefficient (Wildman–Crippen LogP) is 2.14. The first-order chi connectivity index (χ1) is 12.0. The van der Waals surface area contributed by atoms with Gasteiger partial charge in [0.1, 0.15) is 10.9 Å². The minimum Gasteiger partial charge on any atom is -0.480 e. The summed E-state index contributed by atoms with van der Waals surface area (Å²) in [6.07, 6.45) is 3.68. The van der Waals surface area contributed by atoms with Gasteiger partial charge in [-0.15, -0.1) is 0 Å². The Morgan fingerprint density at radius 3 is 2.28 bits per heavy atom. The molecule has 0 bridgehead atoms. The van der Waals surface area contributed by atoms with Crippen LogP contribution < -0.4 is 0 Å². The Morgan fingerprint density at radius 1 is 1.20 bits per heavy atom. The Bertz CT molecular complexity index is 656. The molecule has 0 aromatic heterocycles. The average Bonchev–Trinajstić information content (AvgIpc) is 2.86. The predicted molar refractivity (Wildman–Crippen MR) is 104 cm³/mol. The number of benzene rings is 1. The second-order valence-corrected chi connectivity index (χ2v) is 6.14. The van der Waals surface area contributed by atoms with E-state index in [1.165, 1.54) is 0 Å². The van der Waals surface area contributed by atoms with Crippen LogP contribution in [0.1, 0.15) is 12.5 Å². The summed E-state index contributed by atoms with van der Waals surface area (Å²) in [4.78, 5) is 24.4. The fourth-order valence-electron chi connectivity index (χ4n) is 1.83. The van der Waals surface area contributed by atoms with Crippen LogP contribution in [0, 0.1) is 0 Å². The van der Waals surface area contributed by atoms with Gasteiger partial charge in [0.25, 0.3) is 5.91 Å². The van der Waals surface area contributed by atoms with E-state index < -0.39 is 12.5 Å². The molecule has 3 N–H and O–H groups in total. The molecule has 136 valence electrons. The maximum absolute atomic E-state index is 12.1. The molecule has 25 heavy (non-hydrogen) atoms. The summed E-state index contributed by atoms with van der Waals surface area (Å²) in [6.45, 7) is 1.49. The average molecular weight is 383 g/mol. The van der Waals surface area contributed by atoms with Crippen LogP contribution in [0.5, 0.6) is 0 Å². The Kier molecular flexibility index (Phi) is 11.4. The van der Waals surface area contributed by atoms with E-state index in [1.54, 1.807) is 6.08 Å². The van der Waals surface area contributed by atoms with Gasteiger partial charge in [-0.25, -0.2) is 0 Å². The zero-order chi connectivity index (χ0) is 19.4. The van der Waals surface area contributed by atoms with Crippen LogP contribution >= 0.6 is 24.0 Å². The van der Waals surface area contributed by atoms with E-state index in [2.05, 4.69) is 0 Å². The number of thiocarbonyl (C=S) groups is 1. The van der Waals surface area contributed by atoms with Crippen LogP contribution in [-0.4, -0.2) is 57.2 Å². The van der Waals surface area contributed by atoms with Gasteiger partial charge in [0.05, 0.1) is 4.91 Å². The number of allylic oxidation sites excluding steroid dienone is 2. The largest absolute Gasteiger partial charge is 0.480 e. The van der Waals surface area contributed by atoms with E-state index in [0.717, 1.165) is 42.0 Å². The van der Waals surface area contributed by atoms with Gasteiger partial charge in [-0.3, -0.25) is 14.5 Å². The third-order valence-corrected chi connectivity index (χ3v) is 4.10. The van der Waals surface area contributed by atoms with E-state index in [9.17, 15) is 9.59 Å². The molecule has 0 saturated carbocycles. The maximum atomic E-state index is 12.1. The number of carbonyl (C=O) groups is 2. The Hall–Kier alpha value is -2.00. The molecule has 1 fully saturated rings. The van der Waals surface area contributed by atoms with Gasteiger partial charge < -0.3 is 15.3 Å². The topological polar surface area (TPSA) is 98.1 Å². The Balaban J connectivity index is 0.00000134. The molecule has 0 aliphatic carbocycles. The van der Waals surface area contributed by atoms with Crippen molar-refractivity contribution in [2.24, 2.45) is 0 Å². The standard InChI is InChI=1S/C15H13NO3S2.2CH4O/c1-10(7-11-5-3-2-4-6-11)8-12-14(19)16(9-13(17)18)15(20)21-12;2*1-2/h2-8H,9H2,1H3,(H,17,18);2*2H,1H3/b10-7+,12-8-;;. The number of carboxylic acid groups (broad SMARTS) is 1. The molecule has 1 aliphatic heterocycles. The highest BCUT2D eigenvalue weighted by Crippen LogP contribution is 2.31. The number of aliphatic hydroxyl groups excluding tert-OH is 2. The van der Waals surface area contributed by atoms with Crippen LogP contribution in [0.4, 0.5) is 0 Å². The van der Waals surface area contributed by atoms with Gasteiger partial charge in [-0.05, 0) is 24.1 Å². The number of rotatable bonds is 4. The van der Waals surface area contributed by atoms with Crippen LogP contribution in [0.3, 0.4) is 0 Å². The monoisotopic (exact) mass is 383 g/mol. The van der Waals surface area contributed by atoms with E-state index in [-0.39, 0.29) is 10.2 Å². The van der Waals surface area contributed by atoms with Gasteiger partial charge in [0.2, 0.25) is 0 Å². The molecule has 1 heterocycles. The fourth-order valence-corrected chi connectivity index (χ4v) is 3.14. The van der Waals surface area contributed by atoms with Crippen molar-refractivity contribution in [1.29, 1.82) is 0 Å². The van der Waals surface area contributed by atoms with Crippen molar-refractivity contribution < 1.29 is 24.9 Å².